The van der Waals surface area contributed by atoms with Gasteiger partial charge in [-0.2, -0.15) is 0 Å². The van der Waals surface area contributed by atoms with Gasteiger partial charge in [0.15, 0.2) is 0 Å². The van der Waals surface area contributed by atoms with Gasteiger partial charge in [-0.3, -0.25) is 4.79 Å². The van der Waals surface area contributed by atoms with Gasteiger partial charge < -0.3 is 15.4 Å². The van der Waals surface area contributed by atoms with E-state index in [-0.39, 0.29) is 11.8 Å². The van der Waals surface area contributed by atoms with Crippen molar-refractivity contribution in [1.82, 2.24) is 4.90 Å². The zero-order valence-electron chi connectivity index (χ0n) is 12.1. The SMILES string of the molecule is CCOc1ccc(CCN(C)C(=O)C(C)CN)cc1. The van der Waals surface area contributed by atoms with Crippen molar-refractivity contribution in [2.75, 3.05) is 26.7 Å². The van der Waals surface area contributed by atoms with Crippen LogP contribution in [-0.4, -0.2) is 37.6 Å². The molecule has 1 atom stereocenters. The Morgan fingerprint density at radius 3 is 2.53 bits per heavy atom. The Kier molecular flexibility index (Phi) is 6.36. The first-order chi connectivity index (χ1) is 9.08. The van der Waals surface area contributed by atoms with Crippen LogP contribution in [0.3, 0.4) is 0 Å². The lowest BCUT2D eigenvalue weighted by atomic mass is 10.1. The lowest BCUT2D eigenvalue weighted by Gasteiger charge is -2.20. The van der Waals surface area contributed by atoms with Crippen LogP contribution in [0.25, 0.3) is 0 Å². The van der Waals surface area contributed by atoms with Crippen molar-refractivity contribution in [1.29, 1.82) is 0 Å². The van der Waals surface area contributed by atoms with Gasteiger partial charge in [0.05, 0.1) is 6.61 Å². The number of hydrogen-bond donors (Lipinski definition) is 1. The summed E-state index contributed by atoms with van der Waals surface area (Å²) in [6, 6.07) is 8.00. The summed E-state index contributed by atoms with van der Waals surface area (Å²) >= 11 is 0. The van der Waals surface area contributed by atoms with E-state index in [1.807, 2.05) is 45.2 Å². The van der Waals surface area contributed by atoms with Gasteiger partial charge in [0.2, 0.25) is 5.91 Å². The summed E-state index contributed by atoms with van der Waals surface area (Å²) in [6.07, 6.45) is 0.839. The fourth-order valence-corrected chi connectivity index (χ4v) is 1.80. The minimum absolute atomic E-state index is 0.105. The summed E-state index contributed by atoms with van der Waals surface area (Å²) in [7, 11) is 1.82. The largest absolute Gasteiger partial charge is 0.494 e. The van der Waals surface area contributed by atoms with Gasteiger partial charge in [-0.05, 0) is 31.0 Å². The highest BCUT2D eigenvalue weighted by Gasteiger charge is 2.15. The molecule has 0 heterocycles. The third-order valence-electron chi connectivity index (χ3n) is 3.12. The van der Waals surface area contributed by atoms with Gasteiger partial charge in [0.25, 0.3) is 0 Å². The first-order valence-corrected chi connectivity index (χ1v) is 6.75. The summed E-state index contributed by atoms with van der Waals surface area (Å²) in [4.78, 5) is 13.6. The normalized spacial score (nSPS) is 12.0. The van der Waals surface area contributed by atoms with Gasteiger partial charge >= 0.3 is 0 Å². The molecule has 4 heteroatoms. The zero-order chi connectivity index (χ0) is 14.3. The van der Waals surface area contributed by atoms with Crippen molar-refractivity contribution in [2.45, 2.75) is 20.3 Å². The molecule has 4 nitrogen and oxygen atoms in total. The Morgan fingerprint density at radius 1 is 1.37 bits per heavy atom. The number of nitrogens with two attached hydrogens (primary N) is 1. The number of amides is 1. The van der Waals surface area contributed by atoms with Crippen LogP contribution >= 0.6 is 0 Å². The molecule has 0 fully saturated rings. The highest BCUT2D eigenvalue weighted by molar-refractivity contribution is 5.78. The van der Waals surface area contributed by atoms with E-state index in [1.165, 1.54) is 5.56 Å². The minimum atomic E-state index is -0.106. The van der Waals surface area contributed by atoms with Gasteiger partial charge in [-0.15, -0.1) is 0 Å². The molecule has 1 aromatic rings. The Balaban J connectivity index is 2.45. The summed E-state index contributed by atoms with van der Waals surface area (Å²) < 4.78 is 5.39. The van der Waals surface area contributed by atoms with E-state index in [0.29, 0.717) is 19.7 Å². The predicted octanol–water partition coefficient (Wildman–Crippen LogP) is 1.68. The Labute approximate surface area is 115 Å². The molecule has 0 aliphatic rings. The van der Waals surface area contributed by atoms with Crippen LogP contribution in [0.15, 0.2) is 24.3 Å². The Bertz CT molecular complexity index is 390. The number of carbonyl (C=O) groups excluding carboxylic acids is 1. The first kappa shape index (κ1) is 15.5. The van der Waals surface area contributed by atoms with Crippen LogP contribution in [0, 0.1) is 5.92 Å². The summed E-state index contributed by atoms with van der Waals surface area (Å²) in [5.41, 5.74) is 6.70. The molecule has 1 amide bonds. The monoisotopic (exact) mass is 264 g/mol. The fraction of sp³-hybridized carbons (Fsp3) is 0.533. The standard InChI is InChI=1S/C15H24N2O2/c1-4-19-14-7-5-13(6-8-14)9-10-17(3)15(18)12(2)11-16/h5-8,12H,4,9-11,16H2,1-3H3. The molecule has 0 aliphatic heterocycles. The molecule has 1 unspecified atom stereocenters. The lowest BCUT2D eigenvalue weighted by Crippen LogP contribution is -2.36. The van der Waals surface area contributed by atoms with Gasteiger partial charge in [0, 0.05) is 26.1 Å². The van der Waals surface area contributed by atoms with Gasteiger partial charge in [-0.1, -0.05) is 19.1 Å². The second-order valence-corrected chi connectivity index (χ2v) is 4.72. The third kappa shape index (κ3) is 4.91. The molecule has 0 spiro atoms. The van der Waals surface area contributed by atoms with E-state index in [1.54, 1.807) is 4.90 Å². The van der Waals surface area contributed by atoms with Crippen molar-refractivity contribution in [3.05, 3.63) is 29.8 Å². The van der Waals surface area contributed by atoms with E-state index in [9.17, 15) is 4.79 Å². The van der Waals surface area contributed by atoms with Gasteiger partial charge in [-0.25, -0.2) is 0 Å². The maximum Gasteiger partial charge on any atom is 0.226 e. The molecule has 0 radical (unpaired) electrons. The van der Waals surface area contributed by atoms with Crippen molar-refractivity contribution < 1.29 is 9.53 Å². The van der Waals surface area contributed by atoms with E-state index in [2.05, 4.69) is 0 Å². The molecule has 0 saturated carbocycles. The van der Waals surface area contributed by atoms with E-state index < -0.39 is 0 Å². The molecule has 0 saturated heterocycles. The Morgan fingerprint density at radius 2 is 2.00 bits per heavy atom. The second kappa shape index (κ2) is 7.79. The summed E-state index contributed by atoms with van der Waals surface area (Å²) in [6.45, 7) is 5.60. The molecule has 2 N–H and O–H groups in total. The quantitative estimate of drug-likeness (QED) is 0.815. The van der Waals surface area contributed by atoms with Crippen molar-refractivity contribution >= 4 is 5.91 Å². The maximum atomic E-state index is 11.9. The average Bonchev–Trinajstić information content (AvgIpc) is 2.44. The second-order valence-electron chi connectivity index (χ2n) is 4.72. The smallest absolute Gasteiger partial charge is 0.226 e. The van der Waals surface area contributed by atoms with Crippen LogP contribution in [0.1, 0.15) is 19.4 Å². The molecular weight excluding hydrogens is 240 g/mol. The van der Waals surface area contributed by atoms with E-state index in [4.69, 9.17) is 10.5 Å². The molecule has 19 heavy (non-hydrogen) atoms. The molecule has 0 aromatic heterocycles. The van der Waals surface area contributed by atoms with Crippen molar-refractivity contribution in [3.63, 3.8) is 0 Å². The highest BCUT2D eigenvalue weighted by Crippen LogP contribution is 2.12. The first-order valence-electron chi connectivity index (χ1n) is 6.75. The number of nitrogens with zero attached hydrogens (tertiary/aromatic N) is 1. The molecule has 0 aliphatic carbocycles. The van der Waals surface area contributed by atoms with E-state index in [0.717, 1.165) is 12.2 Å². The number of benzene rings is 1. The van der Waals surface area contributed by atoms with Crippen LogP contribution in [-0.2, 0) is 11.2 Å². The van der Waals surface area contributed by atoms with Crippen molar-refractivity contribution in [3.8, 4) is 5.75 Å². The maximum absolute atomic E-state index is 11.9. The summed E-state index contributed by atoms with van der Waals surface area (Å²) in [5.74, 6) is 0.881. The van der Waals surface area contributed by atoms with Gasteiger partial charge in [0.1, 0.15) is 5.75 Å². The number of rotatable bonds is 7. The fourth-order valence-electron chi connectivity index (χ4n) is 1.80. The molecular formula is C15H24N2O2. The summed E-state index contributed by atoms with van der Waals surface area (Å²) in [5, 5.41) is 0. The molecule has 106 valence electrons. The lowest BCUT2D eigenvalue weighted by molar-refractivity contribution is -0.133. The third-order valence-corrected chi connectivity index (χ3v) is 3.12. The van der Waals surface area contributed by atoms with Crippen LogP contribution < -0.4 is 10.5 Å². The minimum Gasteiger partial charge on any atom is -0.494 e. The highest BCUT2D eigenvalue weighted by atomic mass is 16.5. The van der Waals surface area contributed by atoms with Crippen LogP contribution in [0.5, 0.6) is 5.75 Å². The molecule has 0 bridgehead atoms. The molecule has 1 aromatic carbocycles. The number of hydrogen-bond acceptors (Lipinski definition) is 3. The predicted molar refractivity (Wildman–Crippen MR) is 77.2 cm³/mol. The zero-order valence-corrected chi connectivity index (χ0v) is 12.1. The topological polar surface area (TPSA) is 55.6 Å². The van der Waals surface area contributed by atoms with Crippen LogP contribution in [0.4, 0.5) is 0 Å². The number of likely N-dealkylation sites (N-methyl/N-ethyl adjacent to an activating group) is 1. The average molecular weight is 264 g/mol. The van der Waals surface area contributed by atoms with Crippen molar-refractivity contribution in [2.24, 2.45) is 11.7 Å². The Hall–Kier alpha value is -1.55. The van der Waals surface area contributed by atoms with E-state index >= 15 is 0 Å². The molecule has 1 rings (SSSR count). The number of carbonyl (C=O) groups is 1. The van der Waals surface area contributed by atoms with Crippen LogP contribution in [0.2, 0.25) is 0 Å². The number of ether oxygens (including phenoxy) is 1.